The maximum Gasteiger partial charge on any atom is 0.399 e. The Morgan fingerprint density at radius 2 is 2.00 bits per heavy atom. The van der Waals surface area contributed by atoms with E-state index in [0.29, 0.717) is 0 Å². The third-order valence-electron chi connectivity index (χ3n) is 2.55. The predicted octanol–water partition coefficient (Wildman–Crippen LogP) is 1.70. The van der Waals surface area contributed by atoms with Gasteiger partial charge in [0.15, 0.2) is 0 Å². The number of hydrogen-bond donors (Lipinski definition) is 1. The summed E-state index contributed by atoms with van der Waals surface area (Å²) in [5.74, 6) is -1.99. The van der Waals surface area contributed by atoms with Gasteiger partial charge in [-0.15, -0.1) is 0 Å². The Morgan fingerprint density at radius 1 is 1.44 bits per heavy atom. The Balaban J connectivity index is 3.03. The summed E-state index contributed by atoms with van der Waals surface area (Å²) in [6.45, 7) is 2.94. The van der Waals surface area contributed by atoms with Crippen LogP contribution in [0.15, 0.2) is 17.2 Å². The molecule has 1 heterocycles. The van der Waals surface area contributed by atoms with E-state index in [1.165, 1.54) is 17.0 Å². The van der Waals surface area contributed by atoms with Crippen LogP contribution in [0.5, 0.6) is 0 Å². The van der Waals surface area contributed by atoms with Crippen LogP contribution in [0, 0.1) is 5.92 Å². The molecule has 102 valence electrons. The number of halogens is 3. The van der Waals surface area contributed by atoms with Gasteiger partial charge in [-0.25, -0.2) is 4.79 Å². The second kappa shape index (κ2) is 5.13. The van der Waals surface area contributed by atoms with E-state index in [0.717, 1.165) is 4.57 Å². The zero-order valence-electron chi connectivity index (χ0n) is 9.94. The van der Waals surface area contributed by atoms with Crippen molar-refractivity contribution in [1.29, 1.82) is 0 Å². The SMILES string of the molecule is CC(C)n1ccn(CC(C(N)=S)C(F)(F)F)c1=O. The molecule has 0 saturated carbocycles. The highest BCUT2D eigenvalue weighted by Crippen LogP contribution is 2.27. The molecule has 0 spiro atoms. The van der Waals surface area contributed by atoms with Crippen molar-refractivity contribution < 1.29 is 13.2 Å². The summed E-state index contributed by atoms with van der Waals surface area (Å²) < 4.78 is 40.3. The first kappa shape index (κ1) is 14.7. The molecule has 0 aliphatic rings. The van der Waals surface area contributed by atoms with Crippen molar-refractivity contribution in [3.63, 3.8) is 0 Å². The van der Waals surface area contributed by atoms with Crippen LogP contribution in [0.3, 0.4) is 0 Å². The average Bonchev–Trinajstić information content (AvgIpc) is 2.54. The maximum atomic E-state index is 12.7. The van der Waals surface area contributed by atoms with Crippen molar-refractivity contribution in [2.75, 3.05) is 0 Å². The molecule has 0 fully saturated rings. The third kappa shape index (κ3) is 3.12. The van der Waals surface area contributed by atoms with Crippen molar-refractivity contribution in [2.24, 2.45) is 11.7 Å². The number of alkyl halides is 3. The van der Waals surface area contributed by atoms with E-state index in [4.69, 9.17) is 5.73 Å². The summed E-state index contributed by atoms with van der Waals surface area (Å²) in [7, 11) is 0. The monoisotopic (exact) mass is 281 g/mol. The smallest absolute Gasteiger partial charge is 0.393 e. The minimum atomic E-state index is -4.55. The summed E-state index contributed by atoms with van der Waals surface area (Å²) in [4.78, 5) is 11.1. The highest BCUT2D eigenvalue weighted by Gasteiger charge is 2.42. The quantitative estimate of drug-likeness (QED) is 0.855. The van der Waals surface area contributed by atoms with E-state index in [-0.39, 0.29) is 6.04 Å². The normalized spacial score (nSPS) is 13.9. The van der Waals surface area contributed by atoms with Crippen LogP contribution < -0.4 is 11.4 Å². The Morgan fingerprint density at radius 3 is 2.33 bits per heavy atom. The van der Waals surface area contributed by atoms with E-state index < -0.39 is 29.3 Å². The van der Waals surface area contributed by atoms with Gasteiger partial charge < -0.3 is 5.73 Å². The van der Waals surface area contributed by atoms with E-state index in [1.807, 2.05) is 0 Å². The van der Waals surface area contributed by atoms with Gasteiger partial charge >= 0.3 is 11.9 Å². The van der Waals surface area contributed by atoms with E-state index in [9.17, 15) is 18.0 Å². The number of thiocarbonyl (C=S) groups is 1. The summed E-state index contributed by atoms with van der Waals surface area (Å²) in [6.07, 6.45) is -1.80. The minimum Gasteiger partial charge on any atom is -0.393 e. The summed E-state index contributed by atoms with van der Waals surface area (Å²) >= 11 is 4.40. The summed E-state index contributed by atoms with van der Waals surface area (Å²) in [5.41, 5.74) is 4.57. The molecule has 0 radical (unpaired) electrons. The lowest BCUT2D eigenvalue weighted by Crippen LogP contribution is -2.40. The molecule has 18 heavy (non-hydrogen) atoms. The second-order valence-electron chi connectivity index (χ2n) is 4.23. The Hall–Kier alpha value is -1.31. The van der Waals surface area contributed by atoms with Crippen LogP contribution >= 0.6 is 12.2 Å². The molecule has 1 unspecified atom stereocenters. The number of rotatable bonds is 4. The van der Waals surface area contributed by atoms with E-state index >= 15 is 0 Å². The first-order valence-corrected chi connectivity index (χ1v) is 5.68. The zero-order chi connectivity index (χ0) is 14.1. The predicted molar refractivity (Wildman–Crippen MR) is 65.4 cm³/mol. The summed E-state index contributed by atoms with van der Waals surface area (Å²) in [6, 6.07) is -0.118. The second-order valence-corrected chi connectivity index (χ2v) is 4.70. The molecule has 0 bridgehead atoms. The Labute approximate surface area is 107 Å². The van der Waals surface area contributed by atoms with Gasteiger partial charge in [-0.2, -0.15) is 13.2 Å². The molecule has 1 aromatic rings. The Bertz CT molecular complexity index is 489. The average molecular weight is 281 g/mol. The number of imidazole rings is 1. The van der Waals surface area contributed by atoms with Crippen LogP contribution in [-0.2, 0) is 6.54 Å². The number of aromatic nitrogens is 2. The van der Waals surface area contributed by atoms with Gasteiger partial charge in [0.25, 0.3) is 0 Å². The van der Waals surface area contributed by atoms with Gasteiger partial charge in [-0.3, -0.25) is 9.13 Å². The van der Waals surface area contributed by atoms with Gasteiger partial charge in [0.2, 0.25) is 0 Å². The number of hydrogen-bond acceptors (Lipinski definition) is 2. The third-order valence-corrected chi connectivity index (χ3v) is 2.83. The fourth-order valence-electron chi connectivity index (χ4n) is 1.51. The molecule has 0 aliphatic carbocycles. The highest BCUT2D eigenvalue weighted by atomic mass is 32.1. The lowest BCUT2D eigenvalue weighted by atomic mass is 10.1. The van der Waals surface area contributed by atoms with Crippen LogP contribution in [0.2, 0.25) is 0 Å². The van der Waals surface area contributed by atoms with Gasteiger partial charge in [0.05, 0.1) is 4.99 Å². The van der Waals surface area contributed by atoms with E-state index in [1.54, 1.807) is 13.8 Å². The largest absolute Gasteiger partial charge is 0.399 e. The fraction of sp³-hybridized carbons (Fsp3) is 0.600. The molecule has 0 aliphatic heterocycles. The molecule has 8 heteroatoms. The first-order chi connectivity index (χ1) is 8.14. The standard InChI is InChI=1S/C10H14F3N3OS/c1-6(2)16-4-3-15(9(16)17)5-7(8(14)18)10(11,12)13/h3-4,6-7H,5H2,1-2H3,(H2,14,18). The van der Waals surface area contributed by atoms with Crippen LogP contribution in [0.25, 0.3) is 0 Å². The lowest BCUT2D eigenvalue weighted by Gasteiger charge is -2.18. The molecule has 2 N–H and O–H groups in total. The van der Waals surface area contributed by atoms with Crippen LogP contribution in [0.4, 0.5) is 13.2 Å². The topological polar surface area (TPSA) is 52.9 Å². The zero-order valence-corrected chi connectivity index (χ0v) is 10.8. The van der Waals surface area contributed by atoms with E-state index in [2.05, 4.69) is 12.2 Å². The number of nitrogens with zero attached hydrogens (tertiary/aromatic N) is 2. The molecule has 0 amide bonds. The maximum absolute atomic E-state index is 12.7. The van der Waals surface area contributed by atoms with Gasteiger partial charge in [0.1, 0.15) is 5.92 Å². The minimum absolute atomic E-state index is 0.118. The number of nitrogens with two attached hydrogens (primary N) is 1. The summed E-state index contributed by atoms with van der Waals surface area (Å²) in [5, 5.41) is 0. The van der Waals surface area contributed by atoms with Crippen LogP contribution in [0.1, 0.15) is 19.9 Å². The van der Waals surface area contributed by atoms with Crippen molar-refractivity contribution in [1.82, 2.24) is 9.13 Å². The van der Waals surface area contributed by atoms with Crippen molar-refractivity contribution in [3.8, 4) is 0 Å². The van der Waals surface area contributed by atoms with Gasteiger partial charge in [0, 0.05) is 25.0 Å². The highest BCUT2D eigenvalue weighted by molar-refractivity contribution is 7.80. The molecular weight excluding hydrogens is 267 g/mol. The molecule has 1 atom stereocenters. The fourth-order valence-corrected chi connectivity index (χ4v) is 1.72. The molecule has 4 nitrogen and oxygen atoms in total. The van der Waals surface area contributed by atoms with Gasteiger partial charge in [-0.1, -0.05) is 12.2 Å². The molecular formula is C10H14F3N3OS. The molecule has 1 aromatic heterocycles. The van der Waals surface area contributed by atoms with Gasteiger partial charge in [-0.05, 0) is 13.8 Å². The lowest BCUT2D eigenvalue weighted by molar-refractivity contribution is -0.158. The van der Waals surface area contributed by atoms with Crippen LogP contribution in [-0.4, -0.2) is 20.3 Å². The van der Waals surface area contributed by atoms with Crippen molar-refractivity contribution in [3.05, 3.63) is 22.9 Å². The molecule has 0 aromatic carbocycles. The first-order valence-electron chi connectivity index (χ1n) is 5.28. The molecule has 1 rings (SSSR count). The Kier molecular flexibility index (Phi) is 4.20. The molecule has 0 saturated heterocycles. The van der Waals surface area contributed by atoms with Crippen molar-refractivity contribution in [2.45, 2.75) is 32.6 Å². The van der Waals surface area contributed by atoms with Crippen molar-refractivity contribution >= 4 is 17.2 Å².